The van der Waals surface area contributed by atoms with E-state index in [0.717, 1.165) is 0 Å². The summed E-state index contributed by atoms with van der Waals surface area (Å²) in [6.07, 6.45) is 0. The van der Waals surface area contributed by atoms with Crippen molar-refractivity contribution in [3.05, 3.63) is 194 Å². The summed E-state index contributed by atoms with van der Waals surface area (Å²) in [6, 6.07) is 71.8. The molecule has 236 valence electrons. The van der Waals surface area contributed by atoms with Gasteiger partial charge in [-0.1, -0.05) is 186 Å². The highest BCUT2D eigenvalue weighted by molar-refractivity contribution is 6.67. The first-order valence-corrected chi connectivity index (χ1v) is 18.6. The first-order chi connectivity index (χ1) is 25.3. The molecule has 0 bridgehead atoms. The molecule has 0 aliphatic rings. The van der Waals surface area contributed by atoms with Gasteiger partial charge in [0, 0.05) is 0 Å². The third-order valence-corrected chi connectivity index (χ3v) is 11.6. The maximum absolute atomic E-state index is 2.48. The quantitative estimate of drug-likeness (QED) is 0.0979. The van der Waals surface area contributed by atoms with Crippen molar-refractivity contribution in [3.63, 3.8) is 0 Å². The smallest absolute Gasteiger partial charge is 0.0631 e. The van der Waals surface area contributed by atoms with Crippen LogP contribution < -0.4 is 10.4 Å². The minimum absolute atomic E-state index is 0.571. The van der Waals surface area contributed by atoms with E-state index in [4.69, 9.17) is 0 Å². The fourth-order valence-electron chi connectivity index (χ4n) is 8.03. The number of hydrogen-bond donors (Lipinski definition) is 0. The van der Waals surface area contributed by atoms with E-state index in [-0.39, 0.29) is 0 Å². The molecule has 0 aliphatic carbocycles. The van der Waals surface area contributed by atoms with Gasteiger partial charge in [0.25, 0.3) is 0 Å². The molecule has 51 heavy (non-hydrogen) atoms. The van der Waals surface area contributed by atoms with Crippen LogP contribution in [0, 0.1) is 0 Å². The lowest BCUT2D eigenvalue weighted by atomic mass is 9.83. The molecular weight excluding hydrogens is 629 g/mol. The molecule has 0 fully saturated rings. The average Bonchev–Trinajstić information content (AvgIpc) is 3.20. The number of hydrogen-bond acceptors (Lipinski definition) is 0. The Hall–Kier alpha value is -6.28. The molecule has 2 radical (unpaired) electrons. The van der Waals surface area contributed by atoms with Gasteiger partial charge in [0.15, 0.2) is 0 Å². The highest BCUT2D eigenvalue weighted by Crippen LogP contribution is 2.46. The Balaban J connectivity index is 1.28. The van der Waals surface area contributed by atoms with Gasteiger partial charge in [-0.15, -0.1) is 0 Å². The highest BCUT2D eigenvalue weighted by atomic mass is 28.2. The summed E-state index contributed by atoms with van der Waals surface area (Å²) < 4.78 is 0. The first-order valence-electron chi connectivity index (χ1n) is 17.6. The molecule has 1 heteroatoms. The summed E-state index contributed by atoms with van der Waals surface area (Å²) in [6.45, 7) is 0. The molecule has 0 spiro atoms. The summed E-state index contributed by atoms with van der Waals surface area (Å²) in [5.74, 6) is 0. The van der Waals surface area contributed by atoms with Crippen LogP contribution in [0.1, 0.15) is 0 Å². The Morgan fingerprint density at radius 1 is 0.255 bits per heavy atom. The molecule has 10 aromatic carbocycles. The lowest BCUT2D eigenvalue weighted by molar-refractivity contribution is 1.63. The van der Waals surface area contributed by atoms with Gasteiger partial charge in [-0.25, -0.2) is 0 Å². The molecule has 0 saturated carbocycles. The molecule has 0 aliphatic heterocycles. The normalized spacial score (nSPS) is 11.6. The highest BCUT2D eigenvalue weighted by Gasteiger charge is 2.20. The second-order valence-corrected chi connectivity index (χ2v) is 14.8. The summed E-state index contributed by atoms with van der Waals surface area (Å²) >= 11 is 0. The third-order valence-electron chi connectivity index (χ3n) is 10.4. The fourth-order valence-corrected chi connectivity index (χ4v) is 9.11. The van der Waals surface area contributed by atoms with E-state index in [1.54, 1.807) is 0 Å². The maximum Gasteiger partial charge on any atom is 0.121 e. The van der Waals surface area contributed by atoms with Crippen molar-refractivity contribution in [2.45, 2.75) is 0 Å². The van der Waals surface area contributed by atoms with Gasteiger partial charge < -0.3 is 0 Å². The van der Waals surface area contributed by atoms with Gasteiger partial charge in [-0.3, -0.25) is 0 Å². The molecule has 0 atom stereocenters. The molecule has 10 aromatic rings. The van der Waals surface area contributed by atoms with Crippen molar-refractivity contribution in [1.29, 1.82) is 0 Å². The zero-order valence-corrected chi connectivity index (χ0v) is 29.0. The molecule has 0 unspecified atom stereocenters. The van der Waals surface area contributed by atoms with Crippen molar-refractivity contribution < 1.29 is 0 Å². The predicted octanol–water partition coefficient (Wildman–Crippen LogP) is 12.1. The fraction of sp³-hybridized carbons (Fsp3) is 0. The zero-order chi connectivity index (χ0) is 33.7. The molecule has 10 rings (SSSR count). The topological polar surface area (TPSA) is 0 Å². The van der Waals surface area contributed by atoms with Gasteiger partial charge in [0.05, 0.1) is 0 Å². The van der Waals surface area contributed by atoms with E-state index >= 15 is 0 Å². The lowest BCUT2D eigenvalue weighted by Gasteiger charge is -2.20. The molecule has 0 nitrogen and oxygen atoms in total. The second kappa shape index (κ2) is 12.2. The monoisotopic (exact) mass is 660 g/mol. The van der Waals surface area contributed by atoms with Gasteiger partial charge in [-0.2, -0.15) is 0 Å². The SMILES string of the molecule is c1ccc([Si]c2ccc3c(-c4cccc(-c5ccc6ccccc6c5)c4)c4ccccc4c(-c4cc5ccccc5c5ccccc45)c3c2)cc1. The van der Waals surface area contributed by atoms with Crippen LogP contribution in [0.15, 0.2) is 194 Å². The van der Waals surface area contributed by atoms with Crippen LogP contribution in [-0.4, -0.2) is 9.52 Å². The van der Waals surface area contributed by atoms with Gasteiger partial charge in [0.2, 0.25) is 0 Å². The Morgan fingerprint density at radius 3 is 1.69 bits per heavy atom. The van der Waals surface area contributed by atoms with E-state index in [1.165, 1.54) is 97.6 Å². The number of fused-ring (bicyclic) bond motifs is 6. The Kier molecular flexibility index (Phi) is 7.11. The van der Waals surface area contributed by atoms with Crippen LogP contribution in [0.3, 0.4) is 0 Å². The molecular formula is C50H32Si. The largest absolute Gasteiger partial charge is 0.121 e. The molecule has 0 amide bonds. The van der Waals surface area contributed by atoms with Crippen molar-refractivity contribution in [3.8, 4) is 33.4 Å². The molecule has 0 heterocycles. The Bertz CT molecular complexity index is 2940. The van der Waals surface area contributed by atoms with Crippen LogP contribution in [0.25, 0.3) is 87.2 Å². The standard InChI is InChI=1S/C50H32Si/c1-2-18-39(19-3-1)51-40-27-28-46-48(32-40)50(47-31-37-15-6-7-20-41(37)42-21-8-9-22-43(42)47)45-24-11-10-23-44(45)49(46)38-17-12-16-35(30-38)36-26-25-33-13-4-5-14-34(33)29-36/h1-32H. The summed E-state index contributed by atoms with van der Waals surface area (Å²) in [5, 5.41) is 15.4. The van der Waals surface area contributed by atoms with E-state index in [9.17, 15) is 0 Å². The minimum Gasteiger partial charge on any atom is -0.0631 e. The van der Waals surface area contributed by atoms with E-state index in [1.807, 2.05) is 0 Å². The first kappa shape index (κ1) is 29.6. The predicted molar refractivity (Wildman–Crippen MR) is 222 cm³/mol. The van der Waals surface area contributed by atoms with Crippen LogP contribution in [0.2, 0.25) is 0 Å². The average molecular weight is 661 g/mol. The van der Waals surface area contributed by atoms with Gasteiger partial charge in [-0.05, 0) is 105 Å². The van der Waals surface area contributed by atoms with E-state index in [0.29, 0.717) is 9.52 Å². The second-order valence-electron chi connectivity index (χ2n) is 13.4. The maximum atomic E-state index is 2.48. The number of benzene rings is 10. The van der Waals surface area contributed by atoms with Crippen molar-refractivity contribution in [1.82, 2.24) is 0 Å². The molecule has 0 N–H and O–H groups in total. The minimum atomic E-state index is 0.571. The summed E-state index contributed by atoms with van der Waals surface area (Å²) in [5.41, 5.74) is 7.55. The Morgan fingerprint density at radius 2 is 0.863 bits per heavy atom. The van der Waals surface area contributed by atoms with Crippen LogP contribution in [-0.2, 0) is 0 Å². The van der Waals surface area contributed by atoms with Crippen molar-refractivity contribution in [2.24, 2.45) is 0 Å². The number of rotatable bonds is 5. The third kappa shape index (κ3) is 5.14. The zero-order valence-electron chi connectivity index (χ0n) is 28.0. The van der Waals surface area contributed by atoms with Gasteiger partial charge in [0.1, 0.15) is 9.52 Å². The lowest BCUT2D eigenvalue weighted by Crippen LogP contribution is -2.26. The van der Waals surface area contributed by atoms with Crippen molar-refractivity contribution >= 4 is 73.8 Å². The van der Waals surface area contributed by atoms with E-state index in [2.05, 4.69) is 194 Å². The summed E-state index contributed by atoms with van der Waals surface area (Å²) in [4.78, 5) is 0. The van der Waals surface area contributed by atoms with E-state index < -0.39 is 0 Å². The molecule has 0 aromatic heterocycles. The van der Waals surface area contributed by atoms with Gasteiger partial charge >= 0.3 is 0 Å². The van der Waals surface area contributed by atoms with Crippen LogP contribution in [0.4, 0.5) is 0 Å². The molecule has 0 saturated heterocycles. The summed E-state index contributed by atoms with van der Waals surface area (Å²) in [7, 11) is 0.571. The van der Waals surface area contributed by atoms with Crippen LogP contribution >= 0.6 is 0 Å². The Labute approximate surface area is 300 Å². The van der Waals surface area contributed by atoms with Crippen LogP contribution in [0.5, 0.6) is 0 Å². The van der Waals surface area contributed by atoms with Crippen molar-refractivity contribution in [2.75, 3.05) is 0 Å².